The summed E-state index contributed by atoms with van der Waals surface area (Å²) in [7, 11) is 1.59. The van der Waals surface area contributed by atoms with Crippen molar-refractivity contribution in [2.45, 2.75) is 6.42 Å². The van der Waals surface area contributed by atoms with Crippen molar-refractivity contribution in [2.24, 2.45) is 0 Å². The van der Waals surface area contributed by atoms with Crippen molar-refractivity contribution in [3.63, 3.8) is 0 Å². The van der Waals surface area contributed by atoms with Gasteiger partial charge in [0.2, 0.25) is 5.91 Å². The van der Waals surface area contributed by atoms with Crippen LogP contribution in [0.15, 0.2) is 53.0 Å². The van der Waals surface area contributed by atoms with Crippen LogP contribution in [0.2, 0.25) is 0 Å². The van der Waals surface area contributed by atoms with Gasteiger partial charge in [0.1, 0.15) is 5.75 Å². The summed E-state index contributed by atoms with van der Waals surface area (Å²) in [6, 6.07) is 14.1. The van der Waals surface area contributed by atoms with Gasteiger partial charge in [0.25, 0.3) is 5.91 Å². The summed E-state index contributed by atoms with van der Waals surface area (Å²) in [6.07, 6.45) is 0.203. The third kappa shape index (κ3) is 5.41. The first kappa shape index (κ1) is 17.0. The van der Waals surface area contributed by atoms with Crippen molar-refractivity contribution in [1.82, 2.24) is 5.32 Å². The predicted octanol–water partition coefficient (Wildman–Crippen LogP) is 3.22. The predicted molar refractivity (Wildman–Crippen MR) is 92.7 cm³/mol. The van der Waals surface area contributed by atoms with E-state index in [0.717, 1.165) is 10.2 Å². The van der Waals surface area contributed by atoms with Gasteiger partial charge < -0.3 is 15.4 Å². The summed E-state index contributed by atoms with van der Waals surface area (Å²) >= 11 is 3.31. The van der Waals surface area contributed by atoms with Crippen LogP contribution in [0.25, 0.3) is 0 Å². The number of rotatable bonds is 6. The van der Waals surface area contributed by atoms with E-state index in [1.54, 1.807) is 55.6 Å². The lowest BCUT2D eigenvalue weighted by atomic mass is 10.2. The van der Waals surface area contributed by atoms with Gasteiger partial charge in [-0.05, 0) is 48.5 Å². The normalized spacial score (nSPS) is 10.0. The van der Waals surface area contributed by atoms with Gasteiger partial charge in [-0.15, -0.1) is 0 Å². The Morgan fingerprint density at radius 2 is 1.70 bits per heavy atom. The first-order valence-electron chi connectivity index (χ1n) is 7.06. The van der Waals surface area contributed by atoms with Gasteiger partial charge in [-0.25, -0.2) is 0 Å². The van der Waals surface area contributed by atoms with Crippen LogP contribution in [-0.4, -0.2) is 25.5 Å². The Bertz CT molecular complexity index is 669. The molecule has 0 aliphatic carbocycles. The molecule has 0 fully saturated rings. The lowest BCUT2D eigenvalue weighted by Gasteiger charge is -2.07. The average Bonchev–Trinajstić information content (AvgIpc) is 2.56. The molecule has 0 atom stereocenters. The number of ether oxygens (including phenoxy) is 1. The van der Waals surface area contributed by atoms with Gasteiger partial charge in [-0.3, -0.25) is 9.59 Å². The summed E-state index contributed by atoms with van der Waals surface area (Å²) in [6.45, 7) is 0.275. The highest BCUT2D eigenvalue weighted by molar-refractivity contribution is 9.10. The number of carbonyl (C=O) groups is 2. The fourth-order valence-electron chi connectivity index (χ4n) is 1.89. The monoisotopic (exact) mass is 376 g/mol. The summed E-state index contributed by atoms with van der Waals surface area (Å²) < 4.78 is 5.96. The van der Waals surface area contributed by atoms with Gasteiger partial charge in [0, 0.05) is 28.7 Å². The Labute approximate surface area is 143 Å². The SMILES string of the molecule is COc1ccc(NC(=O)CCNC(=O)c2ccc(Br)cc2)cc1. The molecule has 0 bridgehead atoms. The van der Waals surface area contributed by atoms with E-state index in [0.29, 0.717) is 11.3 Å². The lowest BCUT2D eigenvalue weighted by Crippen LogP contribution is -2.27. The number of carbonyl (C=O) groups excluding carboxylic acids is 2. The molecule has 2 amide bonds. The molecule has 0 heterocycles. The second-order valence-electron chi connectivity index (χ2n) is 4.79. The molecule has 2 aromatic carbocycles. The molecule has 2 N–H and O–H groups in total. The Morgan fingerprint density at radius 3 is 2.30 bits per heavy atom. The standard InChI is InChI=1S/C17H17BrN2O3/c1-23-15-8-6-14(7-9-15)20-16(21)10-11-19-17(22)12-2-4-13(18)5-3-12/h2-9H,10-11H2,1H3,(H,19,22)(H,20,21). The summed E-state index contributed by atoms with van der Waals surface area (Å²) in [5.41, 5.74) is 1.25. The van der Waals surface area contributed by atoms with Crippen LogP contribution in [0, 0.1) is 0 Å². The summed E-state index contributed by atoms with van der Waals surface area (Å²) in [5.74, 6) is 0.366. The lowest BCUT2D eigenvalue weighted by molar-refractivity contribution is -0.116. The Kier molecular flexibility index (Phi) is 6.17. The highest BCUT2D eigenvalue weighted by atomic mass is 79.9. The molecule has 0 saturated heterocycles. The number of hydrogen-bond donors (Lipinski definition) is 2. The van der Waals surface area contributed by atoms with E-state index in [1.165, 1.54) is 0 Å². The number of hydrogen-bond acceptors (Lipinski definition) is 3. The number of halogens is 1. The Hall–Kier alpha value is -2.34. The van der Waals surface area contributed by atoms with Gasteiger partial charge in [0.05, 0.1) is 7.11 Å². The van der Waals surface area contributed by atoms with Gasteiger partial charge >= 0.3 is 0 Å². The van der Waals surface area contributed by atoms with Crippen LogP contribution in [0.5, 0.6) is 5.75 Å². The highest BCUT2D eigenvalue weighted by Gasteiger charge is 2.07. The van der Waals surface area contributed by atoms with Gasteiger partial charge in [-0.1, -0.05) is 15.9 Å². The second-order valence-corrected chi connectivity index (χ2v) is 5.71. The molecule has 6 heteroatoms. The maximum absolute atomic E-state index is 11.9. The molecule has 120 valence electrons. The van der Waals surface area contributed by atoms with Crippen molar-refractivity contribution in [2.75, 3.05) is 19.0 Å². The van der Waals surface area contributed by atoms with E-state index in [1.807, 2.05) is 0 Å². The van der Waals surface area contributed by atoms with E-state index in [4.69, 9.17) is 4.74 Å². The van der Waals surface area contributed by atoms with Crippen molar-refractivity contribution in [3.05, 3.63) is 58.6 Å². The zero-order valence-electron chi connectivity index (χ0n) is 12.6. The minimum absolute atomic E-state index is 0.161. The van der Waals surface area contributed by atoms with Crippen molar-refractivity contribution >= 4 is 33.4 Å². The minimum Gasteiger partial charge on any atom is -0.497 e. The fraction of sp³-hybridized carbons (Fsp3) is 0.176. The molecule has 0 aliphatic heterocycles. The third-order valence-electron chi connectivity index (χ3n) is 3.12. The van der Waals surface area contributed by atoms with Crippen LogP contribution in [0.3, 0.4) is 0 Å². The zero-order valence-corrected chi connectivity index (χ0v) is 14.2. The van der Waals surface area contributed by atoms with Crippen molar-refractivity contribution < 1.29 is 14.3 Å². The first-order valence-corrected chi connectivity index (χ1v) is 7.85. The molecule has 0 unspecified atom stereocenters. The second kappa shape index (κ2) is 8.33. The minimum atomic E-state index is -0.199. The molecule has 23 heavy (non-hydrogen) atoms. The fourth-order valence-corrected chi connectivity index (χ4v) is 2.16. The Balaban J connectivity index is 1.75. The molecular weight excluding hydrogens is 360 g/mol. The smallest absolute Gasteiger partial charge is 0.251 e. The largest absolute Gasteiger partial charge is 0.497 e. The summed E-state index contributed by atoms with van der Waals surface area (Å²) in [5, 5.41) is 5.48. The molecule has 0 saturated carbocycles. The maximum atomic E-state index is 11.9. The molecule has 5 nitrogen and oxygen atoms in total. The number of methoxy groups -OCH3 is 1. The Morgan fingerprint density at radius 1 is 1.04 bits per heavy atom. The number of anilines is 1. The molecule has 0 spiro atoms. The van der Waals surface area contributed by atoms with Crippen molar-refractivity contribution in [1.29, 1.82) is 0 Å². The third-order valence-corrected chi connectivity index (χ3v) is 3.65. The quantitative estimate of drug-likeness (QED) is 0.813. The first-order chi connectivity index (χ1) is 11.1. The summed E-state index contributed by atoms with van der Waals surface area (Å²) in [4.78, 5) is 23.7. The topological polar surface area (TPSA) is 67.4 Å². The maximum Gasteiger partial charge on any atom is 0.251 e. The van der Waals surface area contributed by atoms with Crippen LogP contribution < -0.4 is 15.4 Å². The molecule has 0 radical (unpaired) electrons. The van der Waals surface area contributed by atoms with Crippen LogP contribution >= 0.6 is 15.9 Å². The van der Waals surface area contributed by atoms with E-state index < -0.39 is 0 Å². The van der Waals surface area contributed by atoms with E-state index in [2.05, 4.69) is 26.6 Å². The van der Waals surface area contributed by atoms with Gasteiger partial charge in [-0.2, -0.15) is 0 Å². The van der Waals surface area contributed by atoms with Crippen LogP contribution in [-0.2, 0) is 4.79 Å². The van der Waals surface area contributed by atoms with Crippen LogP contribution in [0.1, 0.15) is 16.8 Å². The molecule has 2 aromatic rings. The molecule has 0 aromatic heterocycles. The van der Waals surface area contributed by atoms with E-state index in [-0.39, 0.29) is 24.8 Å². The molecule has 2 rings (SSSR count). The van der Waals surface area contributed by atoms with E-state index >= 15 is 0 Å². The molecule has 0 aliphatic rings. The number of benzene rings is 2. The van der Waals surface area contributed by atoms with E-state index in [9.17, 15) is 9.59 Å². The average molecular weight is 377 g/mol. The van der Waals surface area contributed by atoms with Gasteiger partial charge in [0.15, 0.2) is 0 Å². The molecular formula is C17H17BrN2O3. The highest BCUT2D eigenvalue weighted by Crippen LogP contribution is 2.15. The van der Waals surface area contributed by atoms with Crippen LogP contribution in [0.4, 0.5) is 5.69 Å². The number of amides is 2. The van der Waals surface area contributed by atoms with Crippen molar-refractivity contribution in [3.8, 4) is 5.75 Å². The zero-order chi connectivity index (χ0) is 16.7. The number of nitrogens with one attached hydrogen (secondary N) is 2.